The largest absolute Gasteiger partial charge is 0.315 e. The molecule has 0 aliphatic carbocycles. The summed E-state index contributed by atoms with van der Waals surface area (Å²) in [6.45, 7) is 3.54. The Kier molecular flexibility index (Phi) is 6.26. The summed E-state index contributed by atoms with van der Waals surface area (Å²) >= 11 is 3.30. The molecule has 1 aliphatic rings. The molecule has 1 saturated heterocycles. The Morgan fingerprint density at radius 3 is 2.79 bits per heavy atom. The van der Waals surface area contributed by atoms with Gasteiger partial charge in [-0.05, 0) is 59.9 Å². The van der Waals surface area contributed by atoms with Crippen molar-refractivity contribution in [1.29, 1.82) is 0 Å². The van der Waals surface area contributed by atoms with Crippen LogP contribution < -0.4 is 10.0 Å². The highest BCUT2D eigenvalue weighted by molar-refractivity contribution is 9.10. The molecule has 2 rings (SSSR count). The van der Waals surface area contributed by atoms with E-state index in [0.29, 0.717) is 15.9 Å². The summed E-state index contributed by atoms with van der Waals surface area (Å²) in [7, 11) is -3.45. The number of hydrogen-bond donors (Lipinski definition) is 2. The van der Waals surface area contributed by atoms with Crippen molar-refractivity contribution in [3.63, 3.8) is 0 Å². The van der Waals surface area contributed by atoms with Gasteiger partial charge in [-0.3, -0.25) is 0 Å². The average Bonchev–Trinajstić information content (AvgIpc) is 2.33. The lowest BCUT2D eigenvalue weighted by Gasteiger charge is -2.23. The Hall–Kier alpha value is -0.140. The van der Waals surface area contributed by atoms with E-state index in [1.165, 1.54) is 0 Å². The fourth-order valence-electron chi connectivity index (χ4n) is 2.05. The normalized spacial score (nSPS) is 19.8. The van der Waals surface area contributed by atoms with E-state index in [4.69, 9.17) is 0 Å². The van der Waals surface area contributed by atoms with Crippen molar-refractivity contribution in [3.05, 3.63) is 28.2 Å². The molecule has 0 spiro atoms. The van der Waals surface area contributed by atoms with Crippen molar-refractivity contribution in [3.8, 4) is 0 Å². The average molecular weight is 370 g/mol. The Balaban J connectivity index is 0.00000180. The van der Waals surface area contributed by atoms with Crippen LogP contribution in [-0.4, -0.2) is 27.5 Å². The molecule has 108 valence electrons. The maximum atomic E-state index is 12.3. The zero-order chi connectivity index (χ0) is 13.2. The monoisotopic (exact) mass is 368 g/mol. The van der Waals surface area contributed by atoms with Crippen LogP contribution in [-0.2, 0) is 10.0 Å². The molecule has 0 amide bonds. The molecule has 1 aromatic carbocycles. The minimum absolute atomic E-state index is 0. The first-order valence-corrected chi connectivity index (χ1v) is 8.26. The van der Waals surface area contributed by atoms with Gasteiger partial charge in [0.2, 0.25) is 10.0 Å². The molecule has 2 N–H and O–H groups in total. The third kappa shape index (κ3) is 4.43. The first kappa shape index (κ1) is 16.9. The highest BCUT2D eigenvalue weighted by Gasteiger charge is 2.23. The van der Waals surface area contributed by atoms with Crippen molar-refractivity contribution in [2.24, 2.45) is 0 Å². The quantitative estimate of drug-likeness (QED) is 0.859. The summed E-state index contributed by atoms with van der Waals surface area (Å²) < 4.78 is 28.0. The van der Waals surface area contributed by atoms with Crippen LogP contribution in [0.1, 0.15) is 18.4 Å². The number of rotatable bonds is 3. The van der Waals surface area contributed by atoms with E-state index < -0.39 is 10.0 Å². The van der Waals surface area contributed by atoms with Gasteiger partial charge in [0.15, 0.2) is 0 Å². The van der Waals surface area contributed by atoms with Gasteiger partial charge in [-0.15, -0.1) is 12.4 Å². The lowest BCUT2D eigenvalue weighted by molar-refractivity contribution is 0.428. The maximum Gasteiger partial charge on any atom is 0.241 e. The molecule has 7 heteroatoms. The van der Waals surface area contributed by atoms with Gasteiger partial charge in [0.25, 0.3) is 0 Å². The first-order chi connectivity index (χ1) is 8.49. The van der Waals surface area contributed by atoms with E-state index in [1.807, 2.05) is 13.0 Å². The Morgan fingerprint density at radius 2 is 2.16 bits per heavy atom. The standard InChI is InChI=1S/C12H17BrN2O2S.ClH/c1-9-4-5-11(13)12(7-9)18(16,17)15-10-3-2-6-14-8-10;/h4-5,7,10,14-15H,2-3,6,8H2,1H3;1H. The van der Waals surface area contributed by atoms with Crippen LogP contribution in [0.25, 0.3) is 0 Å². The van der Waals surface area contributed by atoms with Crippen molar-refractivity contribution >= 4 is 38.4 Å². The third-order valence-electron chi connectivity index (χ3n) is 2.99. The summed E-state index contributed by atoms with van der Waals surface area (Å²) in [6, 6.07) is 5.31. The molecule has 1 heterocycles. The lowest BCUT2D eigenvalue weighted by Crippen LogP contribution is -2.45. The van der Waals surface area contributed by atoms with Gasteiger partial charge in [0.05, 0.1) is 4.90 Å². The number of halogens is 2. The van der Waals surface area contributed by atoms with E-state index in [0.717, 1.165) is 24.9 Å². The second-order valence-electron chi connectivity index (χ2n) is 4.60. The van der Waals surface area contributed by atoms with Crippen LogP contribution >= 0.6 is 28.3 Å². The highest BCUT2D eigenvalue weighted by atomic mass is 79.9. The predicted octanol–water partition coefficient (Wildman–Crippen LogP) is 2.21. The zero-order valence-corrected chi connectivity index (χ0v) is 13.9. The summed E-state index contributed by atoms with van der Waals surface area (Å²) in [5, 5.41) is 3.20. The molecule has 1 aromatic rings. The molecule has 1 unspecified atom stereocenters. The fraction of sp³-hybridized carbons (Fsp3) is 0.500. The summed E-state index contributed by atoms with van der Waals surface area (Å²) in [5.74, 6) is 0. The van der Waals surface area contributed by atoms with Crippen LogP contribution in [0.4, 0.5) is 0 Å². The molecule has 1 aliphatic heterocycles. The van der Waals surface area contributed by atoms with Crippen LogP contribution in [0.15, 0.2) is 27.6 Å². The first-order valence-electron chi connectivity index (χ1n) is 5.98. The number of aryl methyl sites for hydroxylation is 1. The van der Waals surface area contributed by atoms with Crippen LogP contribution in [0.5, 0.6) is 0 Å². The lowest BCUT2D eigenvalue weighted by atomic mass is 10.1. The molecule has 0 saturated carbocycles. The molecule has 0 radical (unpaired) electrons. The van der Waals surface area contributed by atoms with Gasteiger partial charge in [-0.1, -0.05) is 6.07 Å². The topological polar surface area (TPSA) is 58.2 Å². The van der Waals surface area contributed by atoms with E-state index in [-0.39, 0.29) is 18.4 Å². The minimum Gasteiger partial charge on any atom is -0.315 e. The number of benzene rings is 1. The predicted molar refractivity (Wildman–Crippen MR) is 82.3 cm³/mol. The summed E-state index contributed by atoms with van der Waals surface area (Å²) in [5.41, 5.74) is 0.931. The summed E-state index contributed by atoms with van der Waals surface area (Å²) in [4.78, 5) is 0.313. The molecular formula is C12H18BrClN2O2S. The number of hydrogen-bond acceptors (Lipinski definition) is 3. The van der Waals surface area contributed by atoms with Crippen LogP contribution in [0.3, 0.4) is 0 Å². The SMILES string of the molecule is Cc1ccc(Br)c(S(=O)(=O)NC2CCCNC2)c1.Cl. The molecule has 1 fully saturated rings. The third-order valence-corrected chi connectivity index (χ3v) is 5.51. The van der Waals surface area contributed by atoms with Gasteiger partial charge >= 0.3 is 0 Å². The van der Waals surface area contributed by atoms with Crippen molar-refractivity contribution in [2.75, 3.05) is 13.1 Å². The Bertz CT molecular complexity index is 531. The smallest absolute Gasteiger partial charge is 0.241 e. The molecular weight excluding hydrogens is 352 g/mol. The zero-order valence-electron chi connectivity index (χ0n) is 10.6. The van der Waals surface area contributed by atoms with E-state index in [1.54, 1.807) is 12.1 Å². The van der Waals surface area contributed by atoms with Crippen molar-refractivity contribution in [2.45, 2.75) is 30.7 Å². The Morgan fingerprint density at radius 1 is 1.42 bits per heavy atom. The van der Waals surface area contributed by atoms with E-state index in [9.17, 15) is 8.42 Å². The molecule has 0 aromatic heterocycles. The number of piperidine rings is 1. The van der Waals surface area contributed by atoms with Crippen LogP contribution in [0, 0.1) is 6.92 Å². The summed E-state index contributed by atoms with van der Waals surface area (Å²) in [6.07, 6.45) is 1.89. The molecule has 0 bridgehead atoms. The van der Waals surface area contributed by atoms with E-state index in [2.05, 4.69) is 26.0 Å². The van der Waals surface area contributed by atoms with Gasteiger partial charge < -0.3 is 5.32 Å². The van der Waals surface area contributed by atoms with Gasteiger partial charge in [0, 0.05) is 17.1 Å². The van der Waals surface area contributed by atoms with Gasteiger partial charge in [-0.2, -0.15) is 0 Å². The van der Waals surface area contributed by atoms with Gasteiger partial charge in [-0.25, -0.2) is 13.1 Å². The van der Waals surface area contributed by atoms with E-state index >= 15 is 0 Å². The number of nitrogens with one attached hydrogen (secondary N) is 2. The van der Waals surface area contributed by atoms with Crippen molar-refractivity contribution in [1.82, 2.24) is 10.0 Å². The minimum atomic E-state index is -3.45. The number of sulfonamides is 1. The highest BCUT2D eigenvalue weighted by Crippen LogP contribution is 2.23. The molecule has 4 nitrogen and oxygen atoms in total. The molecule has 19 heavy (non-hydrogen) atoms. The fourth-order valence-corrected chi connectivity index (χ4v) is 4.37. The second kappa shape index (κ2) is 7.04. The van der Waals surface area contributed by atoms with Gasteiger partial charge in [0.1, 0.15) is 0 Å². The molecule has 1 atom stereocenters. The second-order valence-corrected chi connectivity index (χ2v) is 7.14. The van der Waals surface area contributed by atoms with Crippen LogP contribution in [0.2, 0.25) is 0 Å². The maximum absolute atomic E-state index is 12.3. The van der Waals surface area contributed by atoms with Crippen molar-refractivity contribution < 1.29 is 8.42 Å². The Labute approximate surface area is 128 Å².